The zero-order chi connectivity index (χ0) is 15.5. The van der Waals surface area contributed by atoms with Crippen LogP contribution in [0, 0.1) is 6.92 Å². The highest BCUT2D eigenvalue weighted by atomic mass is 35.5. The van der Waals surface area contributed by atoms with Gasteiger partial charge in [-0.3, -0.25) is 4.79 Å². The maximum Gasteiger partial charge on any atom is 0.255 e. The maximum atomic E-state index is 12.4. The lowest BCUT2D eigenvalue weighted by Crippen LogP contribution is -2.45. The van der Waals surface area contributed by atoms with Crippen LogP contribution >= 0.6 is 24.0 Å². The van der Waals surface area contributed by atoms with Gasteiger partial charge in [0.05, 0.1) is 23.1 Å². The van der Waals surface area contributed by atoms with Crippen molar-refractivity contribution in [3.8, 4) is 5.69 Å². The van der Waals surface area contributed by atoms with Crippen LogP contribution in [0.3, 0.4) is 0 Å². The number of carbonyl (C=O) groups excluding carboxylic acids is 1. The number of rotatable bonds is 3. The molecule has 23 heavy (non-hydrogen) atoms. The van der Waals surface area contributed by atoms with Gasteiger partial charge in [-0.05, 0) is 50.6 Å². The lowest BCUT2D eigenvalue weighted by molar-refractivity contribution is 0.0930. The van der Waals surface area contributed by atoms with Gasteiger partial charge in [0, 0.05) is 17.6 Å². The number of nitrogens with zero attached hydrogens (tertiary/aromatic N) is 2. The molecule has 0 spiro atoms. The summed E-state index contributed by atoms with van der Waals surface area (Å²) in [6.45, 7) is 3.76. The quantitative estimate of drug-likeness (QED) is 0.890. The number of amides is 1. The third-order valence-electron chi connectivity index (χ3n) is 3.96. The minimum atomic E-state index is -0.0635. The molecule has 2 aromatic rings. The molecule has 0 radical (unpaired) electrons. The molecule has 1 atom stereocenters. The minimum Gasteiger partial charge on any atom is -0.348 e. The first-order chi connectivity index (χ1) is 10.6. The van der Waals surface area contributed by atoms with Crippen molar-refractivity contribution in [2.24, 2.45) is 0 Å². The van der Waals surface area contributed by atoms with Crippen LogP contribution < -0.4 is 10.6 Å². The molecule has 1 aromatic heterocycles. The van der Waals surface area contributed by atoms with E-state index in [-0.39, 0.29) is 24.4 Å². The summed E-state index contributed by atoms with van der Waals surface area (Å²) in [7, 11) is 0. The first-order valence-corrected chi connectivity index (χ1v) is 7.85. The number of benzene rings is 1. The average Bonchev–Trinajstić information content (AvgIpc) is 2.91. The van der Waals surface area contributed by atoms with E-state index in [0.29, 0.717) is 10.6 Å². The summed E-state index contributed by atoms with van der Waals surface area (Å²) in [5, 5.41) is 11.4. The number of halogens is 2. The van der Waals surface area contributed by atoms with Crippen LogP contribution in [-0.4, -0.2) is 34.8 Å². The second kappa shape index (κ2) is 7.81. The van der Waals surface area contributed by atoms with Crippen molar-refractivity contribution in [3.63, 3.8) is 0 Å². The Morgan fingerprint density at radius 2 is 2.13 bits per heavy atom. The van der Waals surface area contributed by atoms with Gasteiger partial charge in [0.1, 0.15) is 0 Å². The first-order valence-electron chi connectivity index (χ1n) is 7.47. The molecule has 2 heterocycles. The van der Waals surface area contributed by atoms with E-state index >= 15 is 0 Å². The predicted octanol–water partition coefficient (Wildman–Crippen LogP) is 2.74. The van der Waals surface area contributed by atoms with Crippen molar-refractivity contribution in [1.29, 1.82) is 0 Å². The van der Waals surface area contributed by atoms with Crippen molar-refractivity contribution in [1.82, 2.24) is 20.4 Å². The van der Waals surface area contributed by atoms with E-state index in [1.807, 2.05) is 31.2 Å². The first kappa shape index (κ1) is 17.8. The minimum absolute atomic E-state index is 0. The molecule has 3 rings (SSSR count). The molecular weight excluding hydrogens is 335 g/mol. The molecule has 124 valence electrons. The van der Waals surface area contributed by atoms with Crippen LogP contribution in [0.25, 0.3) is 5.69 Å². The zero-order valence-corrected chi connectivity index (χ0v) is 14.5. The zero-order valence-electron chi connectivity index (χ0n) is 12.9. The highest BCUT2D eigenvalue weighted by Crippen LogP contribution is 2.17. The van der Waals surface area contributed by atoms with Crippen LogP contribution in [0.2, 0.25) is 5.02 Å². The fourth-order valence-corrected chi connectivity index (χ4v) is 2.84. The van der Waals surface area contributed by atoms with Gasteiger partial charge in [0.25, 0.3) is 5.91 Å². The second-order valence-electron chi connectivity index (χ2n) is 5.55. The molecule has 0 aliphatic carbocycles. The van der Waals surface area contributed by atoms with E-state index in [0.717, 1.165) is 37.3 Å². The number of carbonyl (C=O) groups is 1. The smallest absolute Gasteiger partial charge is 0.255 e. The Hall–Kier alpha value is -1.56. The molecule has 1 saturated heterocycles. The third-order valence-corrected chi connectivity index (χ3v) is 4.21. The fourth-order valence-electron chi connectivity index (χ4n) is 2.71. The molecule has 1 fully saturated rings. The van der Waals surface area contributed by atoms with E-state index in [1.54, 1.807) is 10.9 Å². The SMILES string of the molecule is Cc1c(C(=O)N[C@H]2CCCNC2)cnn1-c1ccc(Cl)cc1.Cl. The molecule has 1 aromatic carbocycles. The number of hydrogen-bond donors (Lipinski definition) is 2. The molecule has 1 amide bonds. The van der Waals surface area contributed by atoms with Crippen molar-refractivity contribution in [2.45, 2.75) is 25.8 Å². The molecular formula is C16H20Cl2N4O. The van der Waals surface area contributed by atoms with Crippen LogP contribution in [-0.2, 0) is 0 Å². The molecule has 1 aliphatic heterocycles. The summed E-state index contributed by atoms with van der Waals surface area (Å²) in [5.74, 6) is -0.0635. The van der Waals surface area contributed by atoms with Crippen molar-refractivity contribution in [2.75, 3.05) is 13.1 Å². The van der Waals surface area contributed by atoms with E-state index in [2.05, 4.69) is 15.7 Å². The van der Waals surface area contributed by atoms with Gasteiger partial charge in [-0.15, -0.1) is 12.4 Å². The van der Waals surface area contributed by atoms with Gasteiger partial charge >= 0.3 is 0 Å². The van der Waals surface area contributed by atoms with E-state index < -0.39 is 0 Å². The van der Waals surface area contributed by atoms with Crippen LogP contribution in [0.4, 0.5) is 0 Å². The van der Waals surface area contributed by atoms with Crippen LogP contribution in [0.5, 0.6) is 0 Å². The van der Waals surface area contributed by atoms with Crippen molar-refractivity contribution >= 4 is 29.9 Å². The van der Waals surface area contributed by atoms with E-state index in [4.69, 9.17) is 11.6 Å². The summed E-state index contributed by atoms with van der Waals surface area (Å²) in [5.41, 5.74) is 2.32. The summed E-state index contributed by atoms with van der Waals surface area (Å²) in [6.07, 6.45) is 3.73. The lowest BCUT2D eigenvalue weighted by Gasteiger charge is -2.23. The van der Waals surface area contributed by atoms with Crippen LogP contribution in [0.1, 0.15) is 28.9 Å². The molecule has 7 heteroatoms. The maximum absolute atomic E-state index is 12.4. The largest absolute Gasteiger partial charge is 0.348 e. The third kappa shape index (κ3) is 4.05. The molecule has 2 N–H and O–H groups in total. The van der Waals surface area contributed by atoms with Gasteiger partial charge in [-0.25, -0.2) is 4.68 Å². The summed E-state index contributed by atoms with van der Waals surface area (Å²) in [6, 6.07) is 7.58. The molecule has 0 bridgehead atoms. The Bertz CT molecular complexity index is 663. The molecule has 5 nitrogen and oxygen atoms in total. The topological polar surface area (TPSA) is 59.0 Å². The number of nitrogens with one attached hydrogen (secondary N) is 2. The Morgan fingerprint density at radius 1 is 1.39 bits per heavy atom. The average molecular weight is 355 g/mol. The number of hydrogen-bond acceptors (Lipinski definition) is 3. The monoisotopic (exact) mass is 354 g/mol. The Morgan fingerprint density at radius 3 is 2.78 bits per heavy atom. The Kier molecular flexibility index (Phi) is 6.04. The Balaban J connectivity index is 0.00000192. The normalized spacial score (nSPS) is 17.4. The number of piperidine rings is 1. The second-order valence-corrected chi connectivity index (χ2v) is 5.99. The summed E-state index contributed by atoms with van der Waals surface area (Å²) >= 11 is 5.90. The van der Waals surface area contributed by atoms with Gasteiger partial charge in [0.2, 0.25) is 0 Å². The predicted molar refractivity (Wildman–Crippen MR) is 93.9 cm³/mol. The van der Waals surface area contributed by atoms with Gasteiger partial charge < -0.3 is 10.6 Å². The Labute approximate surface area is 146 Å². The summed E-state index contributed by atoms with van der Waals surface area (Å²) in [4.78, 5) is 12.4. The van der Waals surface area contributed by atoms with Gasteiger partial charge in [-0.1, -0.05) is 11.6 Å². The van der Waals surface area contributed by atoms with Crippen LogP contribution in [0.15, 0.2) is 30.5 Å². The molecule has 1 aliphatic rings. The molecule has 0 saturated carbocycles. The highest BCUT2D eigenvalue weighted by molar-refractivity contribution is 6.30. The van der Waals surface area contributed by atoms with Crippen molar-refractivity contribution in [3.05, 3.63) is 46.7 Å². The highest BCUT2D eigenvalue weighted by Gasteiger charge is 2.20. The fraction of sp³-hybridized carbons (Fsp3) is 0.375. The lowest BCUT2D eigenvalue weighted by atomic mass is 10.1. The van der Waals surface area contributed by atoms with E-state index in [1.165, 1.54) is 0 Å². The standard InChI is InChI=1S/C16H19ClN4O.ClH/c1-11-15(16(22)20-13-3-2-8-18-9-13)10-19-21(11)14-6-4-12(17)5-7-14;/h4-7,10,13,18H,2-3,8-9H2,1H3,(H,20,22);1H/t13-;/m0./s1. The van der Waals surface area contributed by atoms with Gasteiger partial charge in [0.15, 0.2) is 0 Å². The van der Waals surface area contributed by atoms with Crippen molar-refractivity contribution < 1.29 is 4.79 Å². The van der Waals surface area contributed by atoms with E-state index in [9.17, 15) is 4.79 Å². The number of aromatic nitrogens is 2. The van der Waals surface area contributed by atoms with Gasteiger partial charge in [-0.2, -0.15) is 5.10 Å². The summed E-state index contributed by atoms with van der Waals surface area (Å²) < 4.78 is 1.75. The molecule has 0 unspecified atom stereocenters.